The molecule has 90 valence electrons. The third-order valence-electron chi connectivity index (χ3n) is 2.05. The van der Waals surface area contributed by atoms with Gasteiger partial charge >= 0.3 is 14.9 Å². The summed E-state index contributed by atoms with van der Waals surface area (Å²) in [5, 5.41) is 0. The molecule has 0 unspecified atom stereocenters. The summed E-state index contributed by atoms with van der Waals surface area (Å²) in [5.74, 6) is 0. The standard InChI is InChI=1S/C8H19NO5Si/c1-11-15(12-2,13-3)7-5-4-6-14-8(9)10/h4-7H2,1-3H3,(H2,9,10). The van der Waals surface area contributed by atoms with Gasteiger partial charge in [-0.15, -0.1) is 0 Å². The van der Waals surface area contributed by atoms with E-state index in [-0.39, 0.29) is 0 Å². The van der Waals surface area contributed by atoms with E-state index in [1.807, 2.05) is 0 Å². The summed E-state index contributed by atoms with van der Waals surface area (Å²) in [6.45, 7) is 0.316. The average Bonchev–Trinajstić information content (AvgIpc) is 2.24. The fourth-order valence-electron chi connectivity index (χ4n) is 1.17. The minimum atomic E-state index is -2.47. The summed E-state index contributed by atoms with van der Waals surface area (Å²) < 4.78 is 20.3. The normalized spacial score (nSPS) is 11.4. The van der Waals surface area contributed by atoms with Crippen molar-refractivity contribution < 1.29 is 22.8 Å². The van der Waals surface area contributed by atoms with E-state index in [0.29, 0.717) is 19.1 Å². The Kier molecular flexibility index (Phi) is 7.31. The van der Waals surface area contributed by atoms with E-state index in [4.69, 9.17) is 19.0 Å². The predicted octanol–water partition coefficient (Wildman–Crippen LogP) is 0.740. The first-order valence-electron chi connectivity index (χ1n) is 4.68. The van der Waals surface area contributed by atoms with Crippen LogP contribution in [0.2, 0.25) is 6.04 Å². The van der Waals surface area contributed by atoms with Crippen LogP contribution in [0.4, 0.5) is 4.79 Å². The van der Waals surface area contributed by atoms with Crippen molar-refractivity contribution in [3.05, 3.63) is 0 Å². The zero-order valence-corrected chi connectivity index (χ0v) is 10.4. The third kappa shape index (κ3) is 5.73. The van der Waals surface area contributed by atoms with Gasteiger partial charge in [-0.2, -0.15) is 0 Å². The second kappa shape index (κ2) is 7.63. The van der Waals surface area contributed by atoms with E-state index in [1.54, 1.807) is 21.3 Å². The first-order valence-corrected chi connectivity index (χ1v) is 6.61. The third-order valence-corrected chi connectivity index (χ3v) is 4.89. The van der Waals surface area contributed by atoms with Crippen LogP contribution in [-0.2, 0) is 18.0 Å². The molecule has 0 aromatic carbocycles. The fraction of sp³-hybridized carbons (Fsp3) is 0.875. The minimum Gasteiger partial charge on any atom is -0.450 e. The molecule has 6 nitrogen and oxygen atoms in total. The zero-order chi connectivity index (χ0) is 11.7. The molecule has 0 saturated carbocycles. The topological polar surface area (TPSA) is 80.0 Å². The van der Waals surface area contributed by atoms with Gasteiger partial charge < -0.3 is 23.7 Å². The van der Waals surface area contributed by atoms with Crippen LogP contribution in [0.15, 0.2) is 0 Å². The summed E-state index contributed by atoms with van der Waals surface area (Å²) in [7, 11) is 2.24. The lowest BCUT2D eigenvalue weighted by Crippen LogP contribution is -2.42. The Bertz CT molecular complexity index is 178. The molecule has 0 radical (unpaired) electrons. The molecular formula is C8H19NO5Si. The highest BCUT2D eigenvalue weighted by Gasteiger charge is 2.36. The molecule has 1 amide bonds. The molecule has 2 N–H and O–H groups in total. The maximum atomic E-state index is 10.3. The molecule has 0 aliphatic rings. The maximum absolute atomic E-state index is 10.3. The SMILES string of the molecule is CO[Si](CCCCOC(N)=O)(OC)OC. The predicted molar refractivity (Wildman–Crippen MR) is 56.4 cm³/mol. The lowest BCUT2D eigenvalue weighted by atomic mass is 10.4. The van der Waals surface area contributed by atoms with Gasteiger partial charge in [-0.05, 0) is 12.8 Å². The molecule has 0 atom stereocenters. The Labute approximate surface area is 91.0 Å². The van der Waals surface area contributed by atoms with Gasteiger partial charge in [0, 0.05) is 27.4 Å². The van der Waals surface area contributed by atoms with E-state index in [1.165, 1.54) is 0 Å². The fourth-order valence-corrected chi connectivity index (χ4v) is 2.97. The molecule has 0 aromatic rings. The van der Waals surface area contributed by atoms with Gasteiger partial charge in [0.05, 0.1) is 6.61 Å². The van der Waals surface area contributed by atoms with Gasteiger partial charge in [-0.1, -0.05) is 0 Å². The van der Waals surface area contributed by atoms with Gasteiger partial charge in [0.2, 0.25) is 0 Å². The van der Waals surface area contributed by atoms with Crippen LogP contribution >= 0.6 is 0 Å². The number of unbranched alkanes of at least 4 members (excludes halogenated alkanes) is 1. The number of carbonyl (C=O) groups is 1. The molecule has 0 aliphatic carbocycles. The second-order valence-corrected chi connectivity index (χ2v) is 6.01. The lowest BCUT2D eigenvalue weighted by Gasteiger charge is -2.24. The smallest absolute Gasteiger partial charge is 0.450 e. The van der Waals surface area contributed by atoms with Crippen molar-refractivity contribution in [1.29, 1.82) is 0 Å². The Morgan fingerprint density at radius 3 is 2.07 bits per heavy atom. The van der Waals surface area contributed by atoms with Crippen molar-refractivity contribution >= 4 is 14.9 Å². The van der Waals surface area contributed by atoms with Gasteiger partial charge in [0.15, 0.2) is 0 Å². The highest BCUT2D eigenvalue weighted by Crippen LogP contribution is 2.16. The Morgan fingerprint density at radius 1 is 1.13 bits per heavy atom. The van der Waals surface area contributed by atoms with Crippen LogP contribution in [0, 0.1) is 0 Å². The van der Waals surface area contributed by atoms with Crippen molar-refractivity contribution in [3.8, 4) is 0 Å². The van der Waals surface area contributed by atoms with E-state index >= 15 is 0 Å². The molecule has 0 aliphatic heterocycles. The number of carbonyl (C=O) groups excluding carboxylic acids is 1. The Morgan fingerprint density at radius 2 is 1.67 bits per heavy atom. The molecule has 0 saturated heterocycles. The van der Waals surface area contributed by atoms with Crippen LogP contribution in [-0.4, -0.2) is 42.8 Å². The van der Waals surface area contributed by atoms with Gasteiger partial charge in [-0.3, -0.25) is 0 Å². The summed E-state index contributed by atoms with van der Waals surface area (Å²) >= 11 is 0. The number of hydrogen-bond donors (Lipinski definition) is 1. The van der Waals surface area contributed by atoms with Gasteiger partial charge in [0.25, 0.3) is 0 Å². The van der Waals surface area contributed by atoms with Crippen molar-refractivity contribution in [2.24, 2.45) is 5.73 Å². The van der Waals surface area contributed by atoms with Crippen LogP contribution < -0.4 is 5.73 Å². The highest BCUT2D eigenvalue weighted by atomic mass is 28.4. The zero-order valence-electron chi connectivity index (χ0n) is 9.45. The van der Waals surface area contributed by atoms with Crippen molar-refractivity contribution in [2.75, 3.05) is 27.9 Å². The van der Waals surface area contributed by atoms with E-state index in [2.05, 4.69) is 4.74 Å². The van der Waals surface area contributed by atoms with E-state index in [9.17, 15) is 4.79 Å². The maximum Gasteiger partial charge on any atom is 0.500 e. The largest absolute Gasteiger partial charge is 0.500 e. The van der Waals surface area contributed by atoms with Crippen molar-refractivity contribution in [3.63, 3.8) is 0 Å². The summed E-state index contributed by atoms with van der Waals surface area (Å²) in [6.07, 6.45) is 0.770. The number of ether oxygens (including phenoxy) is 1. The molecule has 15 heavy (non-hydrogen) atoms. The molecular weight excluding hydrogens is 218 g/mol. The summed E-state index contributed by atoms with van der Waals surface area (Å²) in [6, 6.07) is 0.693. The van der Waals surface area contributed by atoms with Crippen LogP contribution in [0.25, 0.3) is 0 Å². The first kappa shape index (κ1) is 14.4. The monoisotopic (exact) mass is 237 g/mol. The Hall–Kier alpha value is -0.633. The van der Waals surface area contributed by atoms with Gasteiger partial charge in [0.1, 0.15) is 0 Å². The molecule has 0 heterocycles. The van der Waals surface area contributed by atoms with Crippen LogP contribution in [0.3, 0.4) is 0 Å². The minimum absolute atomic E-state index is 0.316. The van der Waals surface area contributed by atoms with E-state index in [0.717, 1.165) is 6.42 Å². The number of primary amides is 1. The lowest BCUT2D eigenvalue weighted by molar-refractivity contribution is 0.121. The molecule has 7 heteroatoms. The van der Waals surface area contributed by atoms with Crippen molar-refractivity contribution in [2.45, 2.75) is 18.9 Å². The number of rotatable bonds is 8. The molecule has 0 fully saturated rings. The average molecular weight is 237 g/mol. The first-order chi connectivity index (χ1) is 7.10. The molecule has 0 aromatic heterocycles. The molecule has 0 rings (SSSR count). The summed E-state index contributed by atoms with van der Waals surface area (Å²) in [4.78, 5) is 10.3. The van der Waals surface area contributed by atoms with Crippen LogP contribution in [0.5, 0.6) is 0 Å². The molecule has 0 bridgehead atoms. The highest BCUT2D eigenvalue weighted by molar-refractivity contribution is 6.60. The molecule has 0 spiro atoms. The number of nitrogens with two attached hydrogens (primary N) is 1. The number of amides is 1. The second-order valence-electron chi connectivity index (χ2n) is 2.92. The van der Waals surface area contributed by atoms with E-state index < -0.39 is 14.9 Å². The number of hydrogen-bond acceptors (Lipinski definition) is 5. The van der Waals surface area contributed by atoms with Crippen LogP contribution in [0.1, 0.15) is 12.8 Å². The quantitative estimate of drug-likeness (QED) is 0.497. The van der Waals surface area contributed by atoms with Gasteiger partial charge in [-0.25, -0.2) is 4.79 Å². The van der Waals surface area contributed by atoms with Crippen molar-refractivity contribution in [1.82, 2.24) is 0 Å². The Balaban J connectivity index is 3.67. The summed E-state index contributed by atoms with van der Waals surface area (Å²) in [5.41, 5.74) is 4.81.